The summed E-state index contributed by atoms with van der Waals surface area (Å²) < 4.78 is 1.38. The molecule has 0 radical (unpaired) electrons. The Morgan fingerprint density at radius 2 is 2.12 bits per heavy atom. The van der Waals surface area contributed by atoms with Crippen LogP contribution >= 0.6 is 11.8 Å². The number of hydrogen-bond donors (Lipinski definition) is 0. The average molecular weight is 231 g/mol. The van der Waals surface area contributed by atoms with Crippen LogP contribution in [0.15, 0.2) is 41.8 Å². The van der Waals surface area contributed by atoms with E-state index in [2.05, 4.69) is 10.1 Å². The van der Waals surface area contributed by atoms with Crippen LogP contribution in [0.4, 0.5) is 0 Å². The van der Waals surface area contributed by atoms with Crippen molar-refractivity contribution in [3.63, 3.8) is 0 Å². The van der Waals surface area contributed by atoms with Gasteiger partial charge in [-0.25, -0.2) is 4.98 Å². The van der Waals surface area contributed by atoms with Crippen molar-refractivity contribution in [3.8, 4) is 0 Å². The molecule has 3 rings (SSSR count). The smallest absolute Gasteiger partial charge is 0.250 e. The molecule has 1 unspecified atom stereocenters. The molecule has 2 aromatic rings. The Labute approximate surface area is 96.7 Å². The summed E-state index contributed by atoms with van der Waals surface area (Å²) in [6, 6.07) is 10.0. The maximum Gasteiger partial charge on any atom is 0.250 e. The second kappa shape index (κ2) is 3.75. The predicted molar refractivity (Wildman–Crippen MR) is 60.3 cm³/mol. The summed E-state index contributed by atoms with van der Waals surface area (Å²) in [5, 5.41) is 4.74. The van der Waals surface area contributed by atoms with E-state index in [1.807, 2.05) is 30.3 Å². The van der Waals surface area contributed by atoms with Crippen LogP contribution in [0.5, 0.6) is 0 Å². The minimum Gasteiger partial charge on any atom is -0.272 e. The molecule has 1 atom stereocenters. The number of benzene rings is 1. The Bertz CT molecular complexity index is 523. The van der Waals surface area contributed by atoms with Gasteiger partial charge in [-0.15, -0.1) is 0 Å². The molecule has 0 spiro atoms. The zero-order chi connectivity index (χ0) is 11.0. The van der Waals surface area contributed by atoms with Gasteiger partial charge in [0.1, 0.15) is 6.33 Å². The second-order valence-corrected chi connectivity index (χ2v) is 4.74. The van der Waals surface area contributed by atoms with Crippen molar-refractivity contribution >= 4 is 17.7 Å². The van der Waals surface area contributed by atoms with Crippen LogP contribution in [0, 0.1) is 0 Å². The van der Waals surface area contributed by atoms with E-state index in [0.717, 1.165) is 5.56 Å². The number of rotatable bonds is 1. The molecule has 80 valence electrons. The van der Waals surface area contributed by atoms with E-state index in [4.69, 9.17) is 0 Å². The van der Waals surface area contributed by atoms with Crippen LogP contribution in [-0.4, -0.2) is 20.7 Å². The van der Waals surface area contributed by atoms with Gasteiger partial charge >= 0.3 is 0 Å². The highest BCUT2D eigenvalue weighted by Crippen LogP contribution is 2.40. The molecule has 0 fully saturated rings. The minimum atomic E-state index is 0.0140. The molecule has 0 aliphatic carbocycles. The molecule has 2 heterocycles. The van der Waals surface area contributed by atoms with Gasteiger partial charge in [-0.2, -0.15) is 9.78 Å². The molecule has 0 N–H and O–H groups in total. The first-order valence-corrected chi connectivity index (χ1v) is 5.87. The maximum atomic E-state index is 11.8. The van der Waals surface area contributed by atoms with Crippen molar-refractivity contribution in [3.05, 3.63) is 42.2 Å². The summed E-state index contributed by atoms with van der Waals surface area (Å²) in [5.74, 6) is 0.0140. The summed E-state index contributed by atoms with van der Waals surface area (Å²) in [4.78, 5) is 15.9. The van der Waals surface area contributed by atoms with Crippen LogP contribution in [0.1, 0.15) is 22.0 Å². The molecule has 0 saturated carbocycles. The predicted octanol–water partition coefficient (Wildman–Crippen LogP) is 2.16. The first kappa shape index (κ1) is 9.59. The number of hydrogen-bond acceptors (Lipinski definition) is 4. The molecule has 1 aliphatic heterocycles. The fraction of sp³-hybridized carbons (Fsp3) is 0.182. The molecule has 0 amide bonds. The van der Waals surface area contributed by atoms with Crippen LogP contribution < -0.4 is 0 Å². The quantitative estimate of drug-likeness (QED) is 0.754. The van der Waals surface area contributed by atoms with E-state index >= 15 is 0 Å². The van der Waals surface area contributed by atoms with Crippen molar-refractivity contribution in [2.24, 2.45) is 0 Å². The minimum absolute atomic E-state index is 0.0140. The van der Waals surface area contributed by atoms with Crippen molar-refractivity contribution in [2.45, 2.75) is 16.8 Å². The van der Waals surface area contributed by atoms with Gasteiger partial charge in [-0.1, -0.05) is 42.1 Å². The van der Waals surface area contributed by atoms with Crippen LogP contribution in [0.2, 0.25) is 0 Å². The van der Waals surface area contributed by atoms with Gasteiger partial charge in [0.15, 0.2) is 5.16 Å². The molecule has 0 bridgehead atoms. The third-order valence-electron chi connectivity index (χ3n) is 2.53. The van der Waals surface area contributed by atoms with Crippen molar-refractivity contribution in [2.75, 3.05) is 0 Å². The summed E-state index contributed by atoms with van der Waals surface area (Å²) in [7, 11) is 0. The summed E-state index contributed by atoms with van der Waals surface area (Å²) in [6.07, 6.45) is 1.90. The molecular formula is C11H9N3OS. The highest BCUT2D eigenvalue weighted by molar-refractivity contribution is 7.99. The topological polar surface area (TPSA) is 47.8 Å². The number of carbonyl (C=O) groups is 1. The van der Waals surface area contributed by atoms with E-state index in [9.17, 15) is 4.79 Å². The fourth-order valence-corrected chi connectivity index (χ4v) is 2.88. The fourth-order valence-electron chi connectivity index (χ4n) is 1.75. The molecule has 0 saturated heterocycles. The van der Waals surface area contributed by atoms with Crippen LogP contribution in [-0.2, 0) is 0 Å². The van der Waals surface area contributed by atoms with Crippen molar-refractivity contribution in [1.82, 2.24) is 14.8 Å². The Kier molecular flexibility index (Phi) is 2.25. The standard InChI is InChI=1S/C11H9N3OS/c15-10-6-9(8-4-2-1-3-5-8)16-11-12-7-13-14(10)11/h1-5,7,9H,6H2. The van der Waals surface area contributed by atoms with E-state index in [0.29, 0.717) is 11.6 Å². The van der Waals surface area contributed by atoms with Gasteiger partial charge in [-0.05, 0) is 5.56 Å². The lowest BCUT2D eigenvalue weighted by atomic mass is 10.1. The molecule has 1 aromatic carbocycles. The summed E-state index contributed by atoms with van der Waals surface area (Å²) >= 11 is 1.59. The first-order valence-electron chi connectivity index (χ1n) is 4.99. The maximum absolute atomic E-state index is 11.8. The molecule has 4 nitrogen and oxygen atoms in total. The molecule has 5 heteroatoms. The van der Waals surface area contributed by atoms with E-state index in [1.165, 1.54) is 11.0 Å². The van der Waals surface area contributed by atoms with E-state index < -0.39 is 0 Å². The van der Waals surface area contributed by atoms with E-state index in [1.54, 1.807) is 11.8 Å². The molecular weight excluding hydrogens is 222 g/mol. The van der Waals surface area contributed by atoms with Crippen LogP contribution in [0.3, 0.4) is 0 Å². The number of aromatic nitrogens is 3. The van der Waals surface area contributed by atoms with Crippen molar-refractivity contribution < 1.29 is 4.79 Å². The zero-order valence-electron chi connectivity index (χ0n) is 8.41. The van der Waals surface area contributed by atoms with Gasteiger partial charge < -0.3 is 0 Å². The average Bonchev–Trinajstić information content (AvgIpc) is 2.79. The van der Waals surface area contributed by atoms with Crippen molar-refractivity contribution in [1.29, 1.82) is 0 Å². The Morgan fingerprint density at radius 3 is 2.94 bits per heavy atom. The molecule has 16 heavy (non-hydrogen) atoms. The van der Waals surface area contributed by atoms with Gasteiger partial charge in [0.2, 0.25) is 0 Å². The lowest BCUT2D eigenvalue weighted by Crippen LogP contribution is -2.20. The van der Waals surface area contributed by atoms with Gasteiger partial charge in [0.05, 0.1) is 0 Å². The first-order chi connectivity index (χ1) is 7.84. The lowest BCUT2D eigenvalue weighted by molar-refractivity contribution is 0.0868. The molecule has 1 aromatic heterocycles. The highest BCUT2D eigenvalue weighted by Gasteiger charge is 2.28. The number of thioether (sulfide) groups is 1. The zero-order valence-corrected chi connectivity index (χ0v) is 9.22. The SMILES string of the molecule is O=C1CC(c2ccccc2)Sc2ncnn21. The normalized spacial score (nSPS) is 19.5. The van der Waals surface area contributed by atoms with Gasteiger partial charge in [0.25, 0.3) is 5.91 Å². The van der Waals surface area contributed by atoms with Gasteiger partial charge in [0, 0.05) is 11.7 Å². The third kappa shape index (κ3) is 1.53. The Balaban J connectivity index is 1.95. The second-order valence-electron chi connectivity index (χ2n) is 3.57. The van der Waals surface area contributed by atoms with Gasteiger partial charge in [-0.3, -0.25) is 4.79 Å². The Hall–Kier alpha value is -1.62. The Morgan fingerprint density at radius 1 is 1.31 bits per heavy atom. The monoisotopic (exact) mass is 231 g/mol. The number of fused-ring (bicyclic) bond motifs is 1. The largest absolute Gasteiger partial charge is 0.272 e. The lowest BCUT2D eigenvalue weighted by Gasteiger charge is -2.20. The summed E-state index contributed by atoms with van der Waals surface area (Å²) in [5.41, 5.74) is 1.16. The van der Waals surface area contributed by atoms with Crippen LogP contribution in [0.25, 0.3) is 0 Å². The number of carbonyl (C=O) groups excluding carboxylic acids is 1. The number of nitrogens with zero attached hydrogens (tertiary/aromatic N) is 3. The molecule has 1 aliphatic rings. The van der Waals surface area contributed by atoms with E-state index in [-0.39, 0.29) is 11.2 Å². The summed E-state index contributed by atoms with van der Waals surface area (Å²) in [6.45, 7) is 0. The third-order valence-corrected chi connectivity index (χ3v) is 3.74. The highest BCUT2D eigenvalue weighted by atomic mass is 32.2.